The smallest absolute Gasteiger partial charge is 0.220 e. The van der Waals surface area contributed by atoms with Gasteiger partial charge in [0.1, 0.15) is 17.7 Å². The molecule has 1 heterocycles. The van der Waals surface area contributed by atoms with Crippen LogP contribution >= 0.6 is 58.2 Å². The van der Waals surface area contributed by atoms with Gasteiger partial charge in [0.05, 0.1) is 10.0 Å². The molecule has 0 aliphatic rings. The second kappa shape index (κ2) is 11.7. The molecule has 0 saturated heterocycles. The van der Waals surface area contributed by atoms with Gasteiger partial charge in [0, 0.05) is 20.7 Å². The lowest BCUT2D eigenvalue weighted by Crippen LogP contribution is -2.11. The van der Waals surface area contributed by atoms with Crippen LogP contribution in [-0.2, 0) is 6.61 Å². The van der Waals surface area contributed by atoms with Crippen LogP contribution in [0.2, 0.25) is 20.1 Å². The van der Waals surface area contributed by atoms with Gasteiger partial charge in [0.2, 0.25) is 6.54 Å². The van der Waals surface area contributed by atoms with E-state index in [1.54, 1.807) is 47.9 Å². The van der Waals surface area contributed by atoms with Crippen molar-refractivity contribution in [2.24, 2.45) is 0 Å². The average molecular weight is 584 g/mol. The largest absolute Gasteiger partial charge is 0.486 e. The van der Waals surface area contributed by atoms with E-state index in [1.807, 2.05) is 24.3 Å². The lowest BCUT2D eigenvalue weighted by Gasteiger charge is -2.17. The number of ether oxygens (including phenoxy) is 1. The van der Waals surface area contributed by atoms with Gasteiger partial charge in [-0.25, -0.2) is 0 Å². The van der Waals surface area contributed by atoms with Crippen molar-refractivity contribution in [1.29, 1.82) is 0 Å². The number of aryl methyl sites for hydroxylation is 1. The van der Waals surface area contributed by atoms with Gasteiger partial charge < -0.3 is 4.74 Å². The van der Waals surface area contributed by atoms with Crippen LogP contribution in [0.4, 0.5) is 0 Å². The van der Waals surface area contributed by atoms with Crippen molar-refractivity contribution in [3.8, 4) is 11.4 Å². The van der Waals surface area contributed by atoms with E-state index < -0.39 is 5.25 Å². The second-order valence-corrected chi connectivity index (χ2v) is 10.5. The zero-order chi connectivity index (χ0) is 25.8. The first-order valence-electron chi connectivity index (χ1n) is 10.5. The summed E-state index contributed by atoms with van der Waals surface area (Å²) >= 11 is 26.1. The van der Waals surface area contributed by atoms with E-state index in [4.69, 9.17) is 51.1 Å². The molecule has 36 heavy (non-hydrogen) atoms. The molecule has 7 nitrogen and oxygen atoms in total. The van der Waals surface area contributed by atoms with Gasteiger partial charge in [-0.3, -0.25) is 14.7 Å². The molecule has 0 bridgehead atoms. The summed E-state index contributed by atoms with van der Waals surface area (Å²) < 4.78 is 7.64. The van der Waals surface area contributed by atoms with Crippen molar-refractivity contribution in [2.45, 2.75) is 23.9 Å². The van der Waals surface area contributed by atoms with Crippen molar-refractivity contribution < 1.29 is 9.66 Å². The van der Waals surface area contributed by atoms with E-state index in [1.165, 1.54) is 11.8 Å². The maximum atomic E-state index is 11.5. The quantitative estimate of drug-likeness (QED) is 0.113. The van der Waals surface area contributed by atoms with E-state index in [2.05, 4.69) is 10.2 Å². The molecule has 186 valence electrons. The highest BCUT2D eigenvalue weighted by atomic mass is 35.5. The predicted octanol–water partition coefficient (Wildman–Crippen LogP) is 7.88. The lowest BCUT2D eigenvalue weighted by atomic mass is 10.1. The number of hydrogen-bond donors (Lipinski definition) is 0. The van der Waals surface area contributed by atoms with Gasteiger partial charge in [-0.1, -0.05) is 70.3 Å². The Morgan fingerprint density at radius 1 is 0.972 bits per heavy atom. The summed E-state index contributed by atoms with van der Waals surface area (Å²) in [6, 6.07) is 17.6. The summed E-state index contributed by atoms with van der Waals surface area (Å²) in [4.78, 5) is 11.1. The number of halogens is 4. The van der Waals surface area contributed by atoms with Crippen molar-refractivity contribution in [3.63, 3.8) is 0 Å². The molecule has 0 unspecified atom stereocenters. The third-order valence-electron chi connectivity index (χ3n) is 5.13. The Kier molecular flexibility index (Phi) is 8.64. The van der Waals surface area contributed by atoms with E-state index in [9.17, 15) is 10.1 Å². The van der Waals surface area contributed by atoms with Gasteiger partial charge in [0.15, 0.2) is 10.9 Å². The Morgan fingerprint density at radius 2 is 1.56 bits per heavy atom. The lowest BCUT2D eigenvalue weighted by molar-refractivity contribution is -0.479. The molecule has 0 fully saturated rings. The highest BCUT2D eigenvalue weighted by Crippen LogP contribution is 2.42. The number of aromatic nitrogens is 3. The molecule has 0 spiro atoms. The first-order valence-corrected chi connectivity index (χ1v) is 12.9. The summed E-state index contributed by atoms with van der Waals surface area (Å²) in [7, 11) is 0. The fraction of sp³-hybridized carbons (Fsp3) is 0.167. The van der Waals surface area contributed by atoms with E-state index in [-0.39, 0.29) is 28.1 Å². The molecular formula is C24H18Cl4N4O3S. The topological polar surface area (TPSA) is 83.1 Å². The van der Waals surface area contributed by atoms with E-state index in [0.29, 0.717) is 32.3 Å². The van der Waals surface area contributed by atoms with Crippen LogP contribution < -0.4 is 4.74 Å². The first-order chi connectivity index (χ1) is 17.2. The Morgan fingerprint density at radius 3 is 2.14 bits per heavy atom. The molecule has 1 atom stereocenters. The zero-order valence-corrected chi connectivity index (χ0v) is 22.5. The molecule has 4 rings (SSSR count). The molecule has 3 aromatic carbocycles. The van der Waals surface area contributed by atoms with Gasteiger partial charge in [0.25, 0.3) is 0 Å². The van der Waals surface area contributed by atoms with Crippen molar-refractivity contribution >= 4 is 58.2 Å². The minimum absolute atomic E-state index is 0.229. The fourth-order valence-corrected chi connectivity index (χ4v) is 5.44. The summed E-state index contributed by atoms with van der Waals surface area (Å²) in [6.07, 6.45) is 0. The van der Waals surface area contributed by atoms with Crippen LogP contribution in [0.15, 0.2) is 65.8 Å². The fourth-order valence-electron chi connectivity index (χ4n) is 3.42. The maximum absolute atomic E-state index is 11.5. The zero-order valence-electron chi connectivity index (χ0n) is 18.7. The van der Waals surface area contributed by atoms with Crippen LogP contribution in [-0.4, -0.2) is 26.2 Å². The van der Waals surface area contributed by atoms with Crippen LogP contribution in [0.3, 0.4) is 0 Å². The van der Waals surface area contributed by atoms with Crippen molar-refractivity contribution in [3.05, 3.63) is 108 Å². The van der Waals surface area contributed by atoms with Crippen LogP contribution in [0.25, 0.3) is 5.69 Å². The first kappa shape index (κ1) is 26.6. The predicted molar refractivity (Wildman–Crippen MR) is 144 cm³/mol. The number of nitrogens with zero attached hydrogens (tertiary/aromatic N) is 4. The van der Waals surface area contributed by atoms with Gasteiger partial charge in [-0.2, -0.15) is 0 Å². The van der Waals surface area contributed by atoms with Gasteiger partial charge >= 0.3 is 0 Å². The summed E-state index contributed by atoms with van der Waals surface area (Å²) in [6.45, 7) is 1.65. The normalized spacial score (nSPS) is 11.9. The highest BCUT2D eigenvalue weighted by molar-refractivity contribution is 7.99. The van der Waals surface area contributed by atoms with E-state index in [0.717, 1.165) is 11.3 Å². The van der Waals surface area contributed by atoms with Crippen LogP contribution in [0.5, 0.6) is 5.75 Å². The maximum Gasteiger partial charge on any atom is 0.220 e. The molecule has 0 aliphatic heterocycles. The minimum atomic E-state index is -0.644. The number of rotatable bonds is 9. The molecule has 12 heteroatoms. The molecule has 4 aromatic rings. The number of thioether (sulfide) groups is 1. The Balaban J connectivity index is 1.61. The molecular weight excluding hydrogens is 566 g/mol. The van der Waals surface area contributed by atoms with Crippen LogP contribution in [0, 0.1) is 17.0 Å². The summed E-state index contributed by atoms with van der Waals surface area (Å²) in [5, 5.41) is 21.5. The number of nitro groups is 1. The number of benzene rings is 3. The van der Waals surface area contributed by atoms with Gasteiger partial charge in [-0.15, -0.1) is 10.2 Å². The van der Waals surface area contributed by atoms with Gasteiger partial charge in [-0.05, 0) is 66.6 Å². The molecule has 0 N–H and O–H groups in total. The molecule has 0 radical (unpaired) electrons. The molecule has 0 saturated carbocycles. The van der Waals surface area contributed by atoms with Crippen molar-refractivity contribution in [2.75, 3.05) is 6.54 Å². The highest BCUT2D eigenvalue weighted by Gasteiger charge is 2.26. The van der Waals surface area contributed by atoms with Crippen LogP contribution in [0.1, 0.15) is 22.2 Å². The second-order valence-electron chi connectivity index (χ2n) is 7.69. The number of hydrogen-bond acceptors (Lipinski definition) is 6. The molecule has 0 aliphatic carbocycles. The minimum Gasteiger partial charge on any atom is -0.486 e. The Hall–Kier alpha value is -2.49. The molecule has 1 aromatic heterocycles. The SMILES string of the molecule is Cc1nnc(S[C@@H](C[N+](=O)[O-])c2cc(Cl)c(OCc3ccc(Cl)cc3)c(Cl)c2)n1-c1ccc(Cl)cc1. The summed E-state index contributed by atoms with van der Waals surface area (Å²) in [5.74, 6) is 0.920. The average Bonchev–Trinajstić information content (AvgIpc) is 3.19. The third-order valence-corrected chi connectivity index (χ3v) is 7.38. The Bertz CT molecular complexity index is 1360. The Labute approximate surface area is 231 Å². The third kappa shape index (κ3) is 6.44. The van der Waals surface area contributed by atoms with E-state index >= 15 is 0 Å². The monoisotopic (exact) mass is 582 g/mol. The standard InChI is InChI=1S/C24H18Cl4N4O3S/c1-14-29-30-24(32(14)19-8-6-18(26)7-9-19)36-22(12-31(33)34)16-10-20(27)23(21(28)11-16)35-13-15-2-4-17(25)5-3-15/h2-11,22H,12-13H2,1H3/t22-/m0/s1. The van der Waals surface area contributed by atoms with Crippen molar-refractivity contribution in [1.82, 2.24) is 14.8 Å². The molecule has 0 amide bonds. The summed E-state index contributed by atoms with van der Waals surface area (Å²) in [5.41, 5.74) is 2.23.